The van der Waals surface area contributed by atoms with Gasteiger partial charge in [0.25, 0.3) is 0 Å². The molecule has 5 heteroatoms. The second kappa shape index (κ2) is 4.47. The highest BCUT2D eigenvalue weighted by Gasteiger charge is 2.20. The quantitative estimate of drug-likeness (QED) is 0.832. The minimum absolute atomic E-state index is 0.00189. The van der Waals surface area contributed by atoms with E-state index in [4.69, 9.17) is 5.11 Å². The molecule has 1 saturated carbocycles. The van der Waals surface area contributed by atoms with Gasteiger partial charge in [0.05, 0.1) is 12.4 Å². The van der Waals surface area contributed by atoms with E-state index in [0.717, 1.165) is 12.5 Å². The molecule has 2 rings (SSSR count). The van der Waals surface area contributed by atoms with E-state index >= 15 is 0 Å². The number of carbonyl (C=O) groups is 1. The normalized spacial score (nSPS) is 15.6. The third-order valence-corrected chi connectivity index (χ3v) is 2.99. The van der Waals surface area contributed by atoms with Crippen LogP contribution in [-0.4, -0.2) is 34.6 Å². The topological polar surface area (TPSA) is 66.3 Å². The predicted octanol–water partition coefficient (Wildman–Crippen LogP) is 1.41. The summed E-state index contributed by atoms with van der Waals surface area (Å²) in [6, 6.07) is 0. The summed E-state index contributed by atoms with van der Waals surface area (Å²) in [5, 5.41) is 8.81. The number of nitrogens with zero attached hydrogens (tertiary/aromatic N) is 3. The zero-order valence-corrected chi connectivity index (χ0v) is 9.26. The molecule has 1 aromatic heterocycles. The van der Waals surface area contributed by atoms with E-state index in [2.05, 4.69) is 9.97 Å². The SMILES string of the molecule is CN(CC1CCC1)c1cncc(C(=O)O)n1. The minimum atomic E-state index is -1.04. The molecule has 0 amide bonds. The summed E-state index contributed by atoms with van der Waals surface area (Å²) in [5.74, 6) is 0.318. The Balaban J connectivity index is 2.06. The molecule has 1 aromatic rings. The van der Waals surface area contributed by atoms with Crippen LogP contribution in [0.2, 0.25) is 0 Å². The standard InChI is InChI=1S/C11H15N3O2/c1-14(7-8-3-2-4-8)10-6-12-5-9(13-10)11(15)16/h5-6,8H,2-4,7H2,1H3,(H,15,16). The molecule has 1 aliphatic rings. The van der Waals surface area contributed by atoms with Crippen LogP contribution in [-0.2, 0) is 0 Å². The molecular formula is C11H15N3O2. The molecule has 0 unspecified atom stereocenters. The first kappa shape index (κ1) is 10.9. The summed E-state index contributed by atoms with van der Waals surface area (Å²) in [4.78, 5) is 20.7. The molecule has 1 aliphatic carbocycles. The van der Waals surface area contributed by atoms with Gasteiger partial charge in [-0.05, 0) is 18.8 Å². The maximum atomic E-state index is 10.7. The molecule has 1 fully saturated rings. The first-order chi connectivity index (χ1) is 7.66. The minimum Gasteiger partial charge on any atom is -0.476 e. The largest absolute Gasteiger partial charge is 0.476 e. The molecular weight excluding hydrogens is 206 g/mol. The summed E-state index contributed by atoms with van der Waals surface area (Å²) in [5.41, 5.74) is -0.00189. The van der Waals surface area contributed by atoms with Crippen molar-refractivity contribution >= 4 is 11.8 Å². The Morgan fingerprint density at radius 1 is 1.56 bits per heavy atom. The Bertz CT molecular complexity index is 391. The highest BCUT2D eigenvalue weighted by Crippen LogP contribution is 2.27. The lowest BCUT2D eigenvalue weighted by atomic mass is 9.85. The van der Waals surface area contributed by atoms with E-state index in [-0.39, 0.29) is 5.69 Å². The monoisotopic (exact) mass is 221 g/mol. The molecule has 0 radical (unpaired) electrons. The lowest BCUT2D eigenvalue weighted by molar-refractivity contribution is 0.0690. The smallest absolute Gasteiger partial charge is 0.356 e. The maximum absolute atomic E-state index is 10.7. The summed E-state index contributed by atoms with van der Waals surface area (Å²) in [6.07, 6.45) is 6.69. The molecule has 0 spiro atoms. The molecule has 0 saturated heterocycles. The van der Waals surface area contributed by atoms with Gasteiger partial charge in [-0.25, -0.2) is 9.78 Å². The van der Waals surface area contributed by atoms with E-state index < -0.39 is 5.97 Å². The predicted molar refractivity (Wildman–Crippen MR) is 59.6 cm³/mol. The number of aromatic carboxylic acids is 1. The summed E-state index contributed by atoms with van der Waals surface area (Å²) in [7, 11) is 1.92. The molecule has 0 aromatic carbocycles. The average Bonchev–Trinajstić information content (AvgIpc) is 2.23. The highest BCUT2D eigenvalue weighted by atomic mass is 16.4. The fourth-order valence-corrected chi connectivity index (χ4v) is 1.80. The van der Waals surface area contributed by atoms with E-state index in [9.17, 15) is 4.79 Å². The molecule has 1 heterocycles. The first-order valence-electron chi connectivity index (χ1n) is 5.43. The fraction of sp³-hybridized carbons (Fsp3) is 0.545. The molecule has 1 N–H and O–H groups in total. The van der Waals surface area contributed by atoms with Gasteiger partial charge in [-0.2, -0.15) is 0 Å². The summed E-state index contributed by atoms with van der Waals surface area (Å²) in [6.45, 7) is 0.928. The van der Waals surface area contributed by atoms with Crippen molar-refractivity contribution in [2.45, 2.75) is 19.3 Å². The lowest BCUT2D eigenvalue weighted by Gasteiger charge is -2.30. The molecule has 16 heavy (non-hydrogen) atoms. The molecule has 0 atom stereocenters. The number of hydrogen-bond donors (Lipinski definition) is 1. The van der Waals surface area contributed by atoms with Gasteiger partial charge in [-0.15, -0.1) is 0 Å². The van der Waals surface area contributed by atoms with E-state index in [1.807, 2.05) is 11.9 Å². The van der Waals surface area contributed by atoms with Crippen molar-refractivity contribution in [1.29, 1.82) is 0 Å². The third kappa shape index (κ3) is 2.29. The van der Waals surface area contributed by atoms with Gasteiger partial charge < -0.3 is 10.0 Å². The number of carboxylic acids is 1. The highest BCUT2D eigenvalue weighted by molar-refractivity contribution is 5.85. The first-order valence-corrected chi connectivity index (χ1v) is 5.43. The number of carboxylic acid groups (broad SMARTS) is 1. The Morgan fingerprint density at radius 2 is 2.31 bits per heavy atom. The zero-order chi connectivity index (χ0) is 11.5. The Labute approximate surface area is 94.1 Å². The number of rotatable bonds is 4. The van der Waals surface area contributed by atoms with Gasteiger partial charge in [0, 0.05) is 13.6 Å². The molecule has 0 bridgehead atoms. The average molecular weight is 221 g/mol. The van der Waals surface area contributed by atoms with Crippen molar-refractivity contribution < 1.29 is 9.90 Å². The summed E-state index contributed by atoms with van der Waals surface area (Å²) < 4.78 is 0. The van der Waals surface area contributed by atoms with Crippen molar-refractivity contribution in [3.05, 3.63) is 18.1 Å². The van der Waals surface area contributed by atoms with Crippen molar-refractivity contribution in [2.75, 3.05) is 18.5 Å². The zero-order valence-electron chi connectivity index (χ0n) is 9.26. The number of hydrogen-bond acceptors (Lipinski definition) is 4. The summed E-state index contributed by atoms with van der Waals surface area (Å²) >= 11 is 0. The van der Waals surface area contributed by atoms with Crippen LogP contribution in [0.4, 0.5) is 5.82 Å². The van der Waals surface area contributed by atoms with Crippen molar-refractivity contribution in [3.63, 3.8) is 0 Å². The second-order valence-electron chi connectivity index (χ2n) is 4.25. The van der Waals surface area contributed by atoms with Crippen LogP contribution in [0.25, 0.3) is 0 Å². The number of anilines is 1. The van der Waals surface area contributed by atoms with E-state index in [1.165, 1.54) is 25.5 Å². The second-order valence-corrected chi connectivity index (χ2v) is 4.25. The van der Waals surface area contributed by atoms with Crippen LogP contribution >= 0.6 is 0 Å². The Kier molecular flexibility index (Phi) is 3.03. The van der Waals surface area contributed by atoms with Gasteiger partial charge in [0.15, 0.2) is 5.69 Å². The lowest BCUT2D eigenvalue weighted by Crippen LogP contribution is -2.30. The van der Waals surface area contributed by atoms with Gasteiger partial charge in [0.2, 0.25) is 0 Å². The Morgan fingerprint density at radius 3 is 2.88 bits per heavy atom. The van der Waals surface area contributed by atoms with Gasteiger partial charge in [0.1, 0.15) is 5.82 Å². The third-order valence-electron chi connectivity index (χ3n) is 2.99. The fourth-order valence-electron chi connectivity index (χ4n) is 1.80. The van der Waals surface area contributed by atoms with Crippen molar-refractivity contribution in [3.8, 4) is 0 Å². The van der Waals surface area contributed by atoms with E-state index in [0.29, 0.717) is 5.82 Å². The molecule has 86 valence electrons. The van der Waals surface area contributed by atoms with Crippen LogP contribution < -0.4 is 4.90 Å². The van der Waals surface area contributed by atoms with Crippen molar-refractivity contribution in [1.82, 2.24) is 9.97 Å². The van der Waals surface area contributed by atoms with Gasteiger partial charge >= 0.3 is 5.97 Å². The molecule has 0 aliphatic heterocycles. The van der Waals surface area contributed by atoms with E-state index in [1.54, 1.807) is 6.20 Å². The number of aromatic nitrogens is 2. The van der Waals surface area contributed by atoms with Crippen LogP contribution in [0.3, 0.4) is 0 Å². The van der Waals surface area contributed by atoms with Crippen LogP contribution in [0.15, 0.2) is 12.4 Å². The maximum Gasteiger partial charge on any atom is 0.356 e. The van der Waals surface area contributed by atoms with Gasteiger partial charge in [-0.1, -0.05) is 6.42 Å². The Hall–Kier alpha value is -1.65. The van der Waals surface area contributed by atoms with Crippen LogP contribution in [0.1, 0.15) is 29.8 Å². The molecule has 5 nitrogen and oxygen atoms in total. The van der Waals surface area contributed by atoms with Crippen molar-refractivity contribution in [2.24, 2.45) is 5.92 Å². The van der Waals surface area contributed by atoms with Crippen LogP contribution in [0.5, 0.6) is 0 Å². The van der Waals surface area contributed by atoms with Crippen LogP contribution in [0, 0.1) is 5.92 Å². The van der Waals surface area contributed by atoms with Gasteiger partial charge in [-0.3, -0.25) is 4.98 Å².